The first-order valence-electron chi connectivity index (χ1n) is 7.04. The van der Waals surface area contributed by atoms with Crippen LogP contribution in [0.25, 0.3) is 0 Å². The van der Waals surface area contributed by atoms with Crippen LogP contribution in [0.2, 0.25) is 0 Å². The molecule has 0 N–H and O–H groups in total. The SMILES string of the molecule is C[C@H]1C(=O)N(C)C[C@H]2CN(Cc3cccc(Br)c3)C(=O)N21. The van der Waals surface area contributed by atoms with Gasteiger partial charge in [0.15, 0.2) is 0 Å². The molecule has 1 aromatic carbocycles. The van der Waals surface area contributed by atoms with Gasteiger partial charge < -0.3 is 14.7 Å². The third-order valence-corrected chi connectivity index (χ3v) is 4.71. The summed E-state index contributed by atoms with van der Waals surface area (Å²) in [6.07, 6.45) is 0. The number of rotatable bonds is 2. The smallest absolute Gasteiger partial charge is 0.321 e. The highest BCUT2D eigenvalue weighted by Gasteiger charge is 2.46. The number of likely N-dealkylation sites (N-methyl/N-ethyl adjacent to an activating group) is 1. The number of nitrogens with zero attached hydrogens (tertiary/aromatic N) is 3. The molecule has 2 aliphatic heterocycles. The third kappa shape index (κ3) is 2.52. The van der Waals surface area contributed by atoms with Gasteiger partial charge in [-0.3, -0.25) is 4.79 Å². The summed E-state index contributed by atoms with van der Waals surface area (Å²) < 4.78 is 1.01. The summed E-state index contributed by atoms with van der Waals surface area (Å²) in [6.45, 7) is 3.68. The molecule has 2 saturated heterocycles. The van der Waals surface area contributed by atoms with E-state index < -0.39 is 0 Å². The fourth-order valence-electron chi connectivity index (χ4n) is 3.20. The fourth-order valence-corrected chi connectivity index (χ4v) is 3.65. The van der Waals surface area contributed by atoms with E-state index in [2.05, 4.69) is 15.9 Å². The maximum absolute atomic E-state index is 12.6. The lowest BCUT2D eigenvalue weighted by Gasteiger charge is -2.38. The summed E-state index contributed by atoms with van der Waals surface area (Å²) in [6, 6.07) is 7.66. The monoisotopic (exact) mass is 351 g/mol. The predicted molar refractivity (Wildman–Crippen MR) is 82.7 cm³/mol. The highest BCUT2D eigenvalue weighted by atomic mass is 79.9. The molecule has 5 nitrogen and oxygen atoms in total. The first kappa shape index (κ1) is 14.4. The van der Waals surface area contributed by atoms with Crippen molar-refractivity contribution in [1.29, 1.82) is 0 Å². The van der Waals surface area contributed by atoms with Crippen LogP contribution < -0.4 is 0 Å². The lowest BCUT2D eigenvalue weighted by atomic mass is 10.1. The number of halogens is 1. The Balaban J connectivity index is 1.78. The van der Waals surface area contributed by atoms with Crippen molar-refractivity contribution >= 4 is 27.9 Å². The van der Waals surface area contributed by atoms with Gasteiger partial charge in [-0.1, -0.05) is 28.1 Å². The number of piperazine rings is 1. The predicted octanol–water partition coefficient (Wildman–Crippen LogP) is 1.92. The maximum atomic E-state index is 12.6. The molecule has 0 saturated carbocycles. The summed E-state index contributed by atoms with van der Waals surface area (Å²) in [4.78, 5) is 29.9. The minimum absolute atomic E-state index is 0.0175. The van der Waals surface area contributed by atoms with Gasteiger partial charge in [0, 0.05) is 31.2 Å². The number of carbonyl (C=O) groups is 2. The molecule has 21 heavy (non-hydrogen) atoms. The van der Waals surface area contributed by atoms with Crippen molar-refractivity contribution in [2.24, 2.45) is 0 Å². The fraction of sp³-hybridized carbons (Fsp3) is 0.467. The Morgan fingerprint density at radius 1 is 1.29 bits per heavy atom. The van der Waals surface area contributed by atoms with E-state index in [-0.39, 0.29) is 24.0 Å². The van der Waals surface area contributed by atoms with E-state index in [0.717, 1.165) is 10.0 Å². The van der Waals surface area contributed by atoms with Gasteiger partial charge in [-0.25, -0.2) is 4.79 Å². The zero-order valence-electron chi connectivity index (χ0n) is 12.1. The number of urea groups is 1. The van der Waals surface area contributed by atoms with Crippen LogP contribution in [0, 0.1) is 0 Å². The normalized spacial score (nSPS) is 25.6. The van der Waals surface area contributed by atoms with Gasteiger partial charge in [0.1, 0.15) is 6.04 Å². The number of amides is 3. The largest absolute Gasteiger partial charge is 0.342 e. The van der Waals surface area contributed by atoms with Crippen molar-refractivity contribution < 1.29 is 9.59 Å². The van der Waals surface area contributed by atoms with Crippen LogP contribution in [0.3, 0.4) is 0 Å². The van der Waals surface area contributed by atoms with Crippen molar-refractivity contribution in [2.75, 3.05) is 20.1 Å². The van der Waals surface area contributed by atoms with Gasteiger partial charge >= 0.3 is 6.03 Å². The van der Waals surface area contributed by atoms with Gasteiger partial charge in [-0.05, 0) is 24.6 Å². The Bertz CT molecular complexity index is 592. The highest BCUT2D eigenvalue weighted by molar-refractivity contribution is 9.10. The summed E-state index contributed by atoms with van der Waals surface area (Å²) in [5.74, 6) is 0.0175. The topological polar surface area (TPSA) is 43.9 Å². The number of benzene rings is 1. The van der Waals surface area contributed by atoms with Gasteiger partial charge in [0.25, 0.3) is 0 Å². The molecular formula is C15H18BrN3O2. The van der Waals surface area contributed by atoms with Gasteiger partial charge in [0.2, 0.25) is 5.91 Å². The van der Waals surface area contributed by atoms with Crippen LogP contribution in [0.1, 0.15) is 12.5 Å². The van der Waals surface area contributed by atoms with E-state index in [4.69, 9.17) is 0 Å². The maximum Gasteiger partial charge on any atom is 0.321 e. The van der Waals surface area contributed by atoms with E-state index in [1.165, 1.54) is 0 Å². The molecule has 0 bridgehead atoms. The molecule has 3 rings (SSSR count). The molecule has 2 heterocycles. The van der Waals surface area contributed by atoms with Crippen LogP contribution in [-0.2, 0) is 11.3 Å². The van der Waals surface area contributed by atoms with Crippen LogP contribution in [-0.4, -0.2) is 58.9 Å². The average Bonchev–Trinajstić information content (AvgIpc) is 2.73. The zero-order chi connectivity index (χ0) is 15.1. The summed E-state index contributed by atoms with van der Waals surface area (Å²) in [5, 5.41) is 0. The zero-order valence-corrected chi connectivity index (χ0v) is 13.7. The number of fused-ring (bicyclic) bond motifs is 1. The summed E-state index contributed by atoms with van der Waals surface area (Å²) in [5.41, 5.74) is 1.09. The van der Waals surface area contributed by atoms with Crippen molar-refractivity contribution in [2.45, 2.75) is 25.6 Å². The van der Waals surface area contributed by atoms with Gasteiger partial charge in [-0.2, -0.15) is 0 Å². The van der Waals surface area contributed by atoms with Crippen molar-refractivity contribution in [3.63, 3.8) is 0 Å². The Morgan fingerprint density at radius 2 is 2.05 bits per heavy atom. The molecule has 0 spiro atoms. The standard InChI is InChI=1S/C15H18BrN3O2/c1-10-14(20)17(2)8-13-9-18(15(21)19(10)13)7-11-4-3-5-12(16)6-11/h3-6,10,13H,7-9H2,1-2H3/t10-,13-/m0/s1. The minimum Gasteiger partial charge on any atom is -0.342 e. The summed E-state index contributed by atoms with van der Waals surface area (Å²) in [7, 11) is 1.80. The van der Waals surface area contributed by atoms with Gasteiger partial charge in [-0.15, -0.1) is 0 Å². The van der Waals surface area contributed by atoms with Crippen LogP contribution in [0.15, 0.2) is 28.7 Å². The molecule has 6 heteroatoms. The molecule has 0 unspecified atom stereocenters. The molecule has 2 atom stereocenters. The van der Waals surface area contributed by atoms with Crippen molar-refractivity contribution in [3.05, 3.63) is 34.3 Å². The van der Waals surface area contributed by atoms with E-state index in [1.807, 2.05) is 36.1 Å². The lowest BCUT2D eigenvalue weighted by Crippen LogP contribution is -2.58. The molecule has 0 aliphatic carbocycles. The molecule has 1 aromatic rings. The molecule has 112 valence electrons. The quantitative estimate of drug-likeness (QED) is 0.816. The molecular weight excluding hydrogens is 334 g/mol. The Labute approximate surface area is 132 Å². The summed E-state index contributed by atoms with van der Waals surface area (Å²) >= 11 is 3.45. The number of carbonyl (C=O) groups excluding carboxylic acids is 2. The molecule has 3 amide bonds. The second-order valence-electron chi connectivity index (χ2n) is 5.75. The van der Waals surface area contributed by atoms with Crippen LogP contribution in [0.4, 0.5) is 4.79 Å². The van der Waals surface area contributed by atoms with E-state index in [9.17, 15) is 9.59 Å². The van der Waals surface area contributed by atoms with Crippen molar-refractivity contribution in [1.82, 2.24) is 14.7 Å². The van der Waals surface area contributed by atoms with Crippen LogP contribution >= 0.6 is 15.9 Å². The molecule has 0 aromatic heterocycles. The van der Waals surface area contributed by atoms with E-state index in [1.54, 1.807) is 16.8 Å². The number of hydrogen-bond acceptors (Lipinski definition) is 2. The Kier molecular flexibility index (Phi) is 3.65. The average molecular weight is 352 g/mol. The highest BCUT2D eigenvalue weighted by Crippen LogP contribution is 2.26. The Hall–Kier alpha value is -1.56. The first-order valence-corrected chi connectivity index (χ1v) is 7.83. The molecule has 0 radical (unpaired) electrons. The molecule has 2 fully saturated rings. The first-order chi connectivity index (χ1) is 9.97. The third-order valence-electron chi connectivity index (χ3n) is 4.21. The van der Waals surface area contributed by atoms with Crippen molar-refractivity contribution in [3.8, 4) is 0 Å². The lowest BCUT2D eigenvalue weighted by molar-refractivity contribution is -0.139. The minimum atomic E-state index is -0.367. The van der Waals surface area contributed by atoms with Gasteiger partial charge in [0.05, 0.1) is 6.04 Å². The number of hydrogen-bond donors (Lipinski definition) is 0. The molecule has 2 aliphatic rings. The van der Waals surface area contributed by atoms with E-state index in [0.29, 0.717) is 19.6 Å². The Morgan fingerprint density at radius 3 is 2.76 bits per heavy atom. The second kappa shape index (κ2) is 5.33. The van der Waals surface area contributed by atoms with E-state index >= 15 is 0 Å². The van der Waals surface area contributed by atoms with Crippen LogP contribution in [0.5, 0.6) is 0 Å². The second-order valence-corrected chi connectivity index (χ2v) is 6.66.